The molecule has 148 valence electrons. The van der Waals surface area contributed by atoms with Crippen LogP contribution in [0.3, 0.4) is 0 Å². The predicted molar refractivity (Wildman–Crippen MR) is 104 cm³/mol. The molecule has 2 aromatic rings. The molecule has 1 fully saturated rings. The van der Waals surface area contributed by atoms with Gasteiger partial charge in [-0.2, -0.15) is 0 Å². The molecule has 0 spiro atoms. The van der Waals surface area contributed by atoms with Crippen molar-refractivity contribution in [3.63, 3.8) is 0 Å². The van der Waals surface area contributed by atoms with E-state index in [1.165, 1.54) is 30.3 Å². The number of piperazine rings is 1. The highest BCUT2D eigenvalue weighted by molar-refractivity contribution is 5.91. The first-order chi connectivity index (χ1) is 13.5. The molecule has 2 amide bonds. The molecule has 0 atom stereocenters. The molecule has 7 heteroatoms. The summed E-state index contributed by atoms with van der Waals surface area (Å²) in [7, 11) is 0. The predicted octanol–water partition coefficient (Wildman–Crippen LogP) is 3.42. The van der Waals surface area contributed by atoms with Gasteiger partial charge in [0.05, 0.1) is 5.69 Å². The van der Waals surface area contributed by atoms with E-state index in [2.05, 4.69) is 5.32 Å². The number of hydrogen-bond donors (Lipinski definition) is 1. The van der Waals surface area contributed by atoms with Gasteiger partial charge >= 0.3 is 0 Å². The molecule has 1 aliphatic heterocycles. The van der Waals surface area contributed by atoms with Gasteiger partial charge in [0.25, 0.3) is 0 Å². The van der Waals surface area contributed by atoms with Gasteiger partial charge in [0.1, 0.15) is 11.6 Å². The Bertz CT molecular complexity index is 819. The SMILES string of the molecule is O=C(CCCC(=O)N1CCN(c2ccccc2F)CC1)Nc1ccc(F)cc1. The summed E-state index contributed by atoms with van der Waals surface area (Å²) in [6.45, 7) is 2.24. The van der Waals surface area contributed by atoms with Crippen molar-refractivity contribution < 1.29 is 18.4 Å². The molecule has 0 bridgehead atoms. The van der Waals surface area contributed by atoms with Crippen molar-refractivity contribution in [3.05, 3.63) is 60.2 Å². The van der Waals surface area contributed by atoms with E-state index < -0.39 is 0 Å². The van der Waals surface area contributed by atoms with Crippen molar-refractivity contribution >= 4 is 23.2 Å². The Kier molecular flexibility index (Phi) is 6.57. The number of anilines is 2. The van der Waals surface area contributed by atoms with Gasteiger partial charge in [-0.3, -0.25) is 9.59 Å². The number of para-hydroxylation sites is 1. The van der Waals surface area contributed by atoms with Crippen molar-refractivity contribution in [2.45, 2.75) is 19.3 Å². The minimum Gasteiger partial charge on any atom is -0.366 e. The molecular formula is C21H23F2N3O2. The maximum absolute atomic E-state index is 13.9. The molecule has 1 heterocycles. The average Bonchev–Trinajstić information content (AvgIpc) is 2.70. The molecule has 2 aromatic carbocycles. The van der Waals surface area contributed by atoms with E-state index >= 15 is 0 Å². The van der Waals surface area contributed by atoms with E-state index in [9.17, 15) is 18.4 Å². The largest absolute Gasteiger partial charge is 0.366 e. The highest BCUT2D eigenvalue weighted by atomic mass is 19.1. The zero-order valence-corrected chi connectivity index (χ0v) is 15.5. The Labute approximate surface area is 162 Å². The lowest BCUT2D eigenvalue weighted by Gasteiger charge is -2.36. The van der Waals surface area contributed by atoms with Gasteiger partial charge in [-0.1, -0.05) is 12.1 Å². The van der Waals surface area contributed by atoms with Crippen LogP contribution in [0.15, 0.2) is 48.5 Å². The summed E-state index contributed by atoms with van der Waals surface area (Å²) in [5, 5.41) is 2.68. The monoisotopic (exact) mass is 387 g/mol. The zero-order chi connectivity index (χ0) is 19.9. The maximum atomic E-state index is 13.9. The third kappa shape index (κ3) is 5.28. The van der Waals surface area contributed by atoms with Crippen LogP contribution >= 0.6 is 0 Å². The van der Waals surface area contributed by atoms with Gasteiger partial charge in [-0.25, -0.2) is 8.78 Å². The van der Waals surface area contributed by atoms with Crippen molar-refractivity contribution in [1.82, 2.24) is 4.90 Å². The number of nitrogens with zero attached hydrogens (tertiary/aromatic N) is 2. The Morgan fingerprint density at radius 1 is 0.893 bits per heavy atom. The molecule has 0 aromatic heterocycles. The quantitative estimate of drug-likeness (QED) is 0.826. The van der Waals surface area contributed by atoms with Crippen LogP contribution in [-0.2, 0) is 9.59 Å². The number of halogens is 2. The topological polar surface area (TPSA) is 52.7 Å². The summed E-state index contributed by atoms with van der Waals surface area (Å²) >= 11 is 0. The van der Waals surface area contributed by atoms with Gasteiger partial charge in [0, 0.05) is 44.7 Å². The Morgan fingerprint density at radius 3 is 2.25 bits per heavy atom. The average molecular weight is 387 g/mol. The van der Waals surface area contributed by atoms with Gasteiger partial charge < -0.3 is 15.1 Å². The minimum atomic E-state index is -0.362. The van der Waals surface area contributed by atoms with E-state index in [0.717, 1.165) is 0 Å². The first-order valence-corrected chi connectivity index (χ1v) is 9.35. The standard InChI is InChI=1S/C21H23F2N3O2/c22-16-8-10-17(11-9-16)24-20(27)6-3-7-21(28)26-14-12-25(13-15-26)19-5-2-1-4-18(19)23/h1-2,4-5,8-11H,3,6-7,12-15H2,(H,24,27). The van der Waals surface area contributed by atoms with Gasteiger partial charge in [0.2, 0.25) is 11.8 Å². The summed E-state index contributed by atoms with van der Waals surface area (Å²) in [4.78, 5) is 28.0. The van der Waals surface area contributed by atoms with E-state index in [-0.39, 0.29) is 36.3 Å². The van der Waals surface area contributed by atoms with Crippen LogP contribution in [0, 0.1) is 11.6 Å². The zero-order valence-electron chi connectivity index (χ0n) is 15.5. The van der Waals surface area contributed by atoms with Crippen molar-refractivity contribution in [3.8, 4) is 0 Å². The number of carbonyl (C=O) groups is 2. The second-order valence-electron chi connectivity index (χ2n) is 6.73. The molecule has 0 radical (unpaired) electrons. The molecule has 0 unspecified atom stereocenters. The molecule has 0 aliphatic carbocycles. The summed E-state index contributed by atoms with van der Waals surface area (Å²) in [5.74, 6) is -0.820. The van der Waals surface area contributed by atoms with Crippen LogP contribution in [0.5, 0.6) is 0 Å². The number of carbonyl (C=O) groups excluding carboxylic acids is 2. The van der Waals surface area contributed by atoms with Crippen LogP contribution < -0.4 is 10.2 Å². The van der Waals surface area contributed by atoms with Gasteiger partial charge in [-0.05, 0) is 42.8 Å². The van der Waals surface area contributed by atoms with Crippen LogP contribution in [0.2, 0.25) is 0 Å². The third-order valence-corrected chi connectivity index (χ3v) is 4.75. The fourth-order valence-corrected chi connectivity index (χ4v) is 3.22. The molecule has 0 saturated carbocycles. The second kappa shape index (κ2) is 9.30. The molecule has 1 saturated heterocycles. The fraction of sp³-hybridized carbons (Fsp3) is 0.333. The number of hydrogen-bond acceptors (Lipinski definition) is 3. The third-order valence-electron chi connectivity index (χ3n) is 4.75. The lowest BCUT2D eigenvalue weighted by Crippen LogP contribution is -2.49. The Balaban J connectivity index is 1.38. The number of nitrogens with one attached hydrogen (secondary N) is 1. The highest BCUT2D eigenvalue weighted by Gasteiger charge is 2.22. The number of benzene rings is 2. The van der Waals surface area contributed by atoms with Gasteiger partial charge in [-0.15, -0.1) is 0 Å². The molecular weight excluding hydrogens is 364 g/mol. The maximum Gasteiger partial charge on any atom is 0.224 e. The first-order valence-electron chi connectivity index (χ1n) is 9.35. The van der Waals surface area contributed by atoms with E-state index in [0.29, 0.717) is 44.0 Å². The van der Waals surface area contributed by atoms with Gasteiger partial charge in [0.15, 0.2) is 0 Å². The summed E-state index contributed by atoms with van der Waals surface area (Å²) in [6.07, 6.45) is 0.953. The molecule has 5 nitrogen and oxygen atoms in total. The molecule has 28 heavy (non-hydrogen) atoms. The van der Waals surface area contributed by atoms with E-state index in [1.807, 2.05) is 4.90 Å². The molecule has 1 N–H and O–H groups in total. The number of rotatable bonds is 6. The first kappa shape index (κ1) is 19.8. The number of amides is 2. The normalized spacial score (nSPS) is 14.1. The minimum absolute atomic E-state index is 0.00256. The van der Waals surface area contributed by atoms with Crippen molar-refractivity contribution in [2.75, 3.05) is 36.4 Å². The van der Waals surface area contributed by atoms with Crippen LogP contribution in [0.4, 0.5) is 20.2 Å². The Hall–Kier alpha value is -2.96. The smallest absolute Gasteiger partial charge is 0.224 e. The van der Waals surface area contributed by atoms with Crippen molar-refractivity contribution in [2.24, 2.45) is 0 Å². The fourth-order valence-electron chi connectivity index (χ4n) is 3.22. The van der Waals surface area contributed by atoms with E-state index in [4.69, 9.17) is 0 Å². The lowest BCUT2D eigenvalue weighted by molar-refractivity contribution is -0.131. The van der Waals surface area contributed by atoms with Crippen LogP contribution in [0.25, 0.3) is 0 Å². The summed E-state index contributed by atoms with van der Waals surface area (Å²) in [5.41, 5.74) is 1.09. The van der Waals surface area contributed by atoms with Crippen molar-refractivity contribution in [1.29, 1.82) is 0 Å². The summed E-state index contributed by atoms with van der Waals surface area (Å²) < 4.78 is 26.7. The molecule has 1 aliphatic rings. The van der Waals surface area contributed by atoms with Crippen LogP contribution in [-0.4, -0.2) is 42.9 Å². The lowest BCUT2D eigenvalue weighted by atomic mass is 10.2. The summed E-state index contributed by atoms with van der Waals surface area (Å²) in [6, 6.07) is 12.2. The van der Waals surface area contributed by atoms with E-state index in [1.54, 1.807) is 23.1 Å². The highest BCUT2D eigenvalue weighted by Crippen LogP contribution is 2.20. The van der Waals surface area contributed by atoms with Crippen LogP contribution in [0.1, 0.15) is 19.3 Å². The molecule has 3 rings (SSSR count). The Morgan fingerprint density at radius 2 is 1.57 bits per heavy atom. The second-order valence-corrected chi connectivity index (χ2v) is 6.73.